The zero-order valence-electron chi connectivity index (χ0n) is 18.6. The summed E-state index contributed by atoms with van der Waals surface area (Å²) in [7, 11) is 0. The molecule has 0 amide bonds. The van der Waals surface area contributed by atoms with Gasteiger partial charge in [-0.15, -0.1) is 0 Å². The highest BCUT2D eigenvalue weighted by Crippen LogP contribution is 2.63. The molecule has 162 valence electrons. The molecule has 0 bridgehead atoms. The lowest BCUT2D eigenvalue weighted by atomic mass is 9.54. The molecule has 3 aliphatic carbocycles. The maximum atomic E-state index is 12.5. The van der Waals surface area contributed by atoms with Gasteiger partial charge in [0.25, 0.3) is 0 Å². The van der Waals surface area contributed by atoms with Crippen LogP contribution in [0.2, 0.25) is 0 Å². The number of allylic oxidation sites excluding steroid dienone is 2. The van der Waals surface area contributed by atoms with Gasteiger partial charge in [0, 0.05) is 6.42 Å². The quantitative estimate of drug-likeness (QED) is 0.608. The summed E-state index contributed by atoms with van der Waals surface area (Å²) in [4.78, 5) is 12.5. The summed E-state index contributed by atoms with van der Waals surface area (Å²) in [5.74, 6) is 2.95. The van der Waals surface area contributed by atoms with Crippen LogP contribution in [0, 0.1) is 23.2 Å². The van der Waals surface area contributed by atoms with Gasteiger partial charge in [0.1, 0.15) is 0 Å². The molecule has 2 aromatic carbocycles. The molecular weight excluding hydrogens is 380 g/mol. The van der Waals surface area contributed by atoms with E-state index in [0.29, 0.717) is 23.7 Å². The molecule has 2 nitrogen and oxygen atoms in total. The van der Waals surface area contributed by atoms with Crippen LogP contribution in [0.15, 0.2) is 60.7 Å². The van der Waals surface area contributed by atoms with Gasteiger partial charge in [0.2, 0.25) is 0 Å². The molecule has 31 heavy (non-hydrogen) atoms. The molecule has 5 unspecified atom stereocenters. The van der Waals surface area contributed by atoms with Crippen molar-refractivity contribution < 1.29 is 9.90 Å². The number of aliphatic hydroxyl groups excluding tert-OH is 1. The number of aliphatic hydroxyl groups is 1. The summed E-state index contributed by atoms with van der Waals surface area (Å²) in [6.07, 6.45) is 12.1. The summed E-state index contributed by atoms with van der Waals surface area (Å²) < 4.78 is 0. The molecule has 0 aliphatic heterocycles. The third-order valence-corrected chi connectivity index (χ3v) is 8.78. The molecule has 1 N–H and O–H groups in total. The second kappa shape index (κ2) is 8.39. The molecule has 0 radical (unpaired) electrons. The van der Waals surface area contributed by atoms with Crippen molar-refractivity contribution in [3.8, 4) is 0 Å². The van der Waals surface area contributed by atoms with Gasteiger partial charge in [-0.3, -0.25) is 4.79 Å². The van der Waals surface area contributed by atoms with E-state index in [4.69, 9.17) is 0 Å². The van der Waals surface area contributed by atoms with Gasteiger partial charge in [-0.2, -0.15) is 0 Å². The predicted octanol–water partition coefficient (Wildman–Crippen LogP) is 6.02. The van der Waals surface area contributed by atoms with Gasteiger partial charge in [-0.1, -0.05) is 61.5 Å². The van der Waals surface area contributed by atoms with Crippen molar-refractivity contribution in [2.24, 2.45) is 23.2 Å². The first-order valence-electron chi connectivity index (χ1n) is 12.1. The standard InChI is InChI=1S/C29H34O2/c1-29-16-15-26-25-12-7-21(19-30)17-22(25)8-13-27(26)28(29)14-10-23(29)9-11-24(31)18-20-5-3-2-4-6-20/h2-7,9,11-12,17,23,26-28,30H,8,10,13-16,18-19H2,1H3/b11-9+. The molecule has 0 spiro atoms. The maximum absolute atomic E-state index is 12.5. The average molecular weight is 415 g/mol. The highest BCUT2D eigenvalue weighted by Gasteiger charge is 2.53. The van der Waals surface area contributed by atoms with E-state index in [1.165, 1.54) is 37.7 Å². The van der Waals surface area contributed by atoms with Gasteiger partial charge in [0.15, 0.2) is 5.78 Å². The molecule has 0 aromatic heterocycles. The summed E-state index contributed by atoms with van der Waals surface area (Å²) >= 11 is 0. The molecule has 5 atom stereocenters. The van der Waals surface area contributed by atoms with Crippen LogP contribution < -0.4 is 0 Å². The molecule has 3 aliphatic rings. The Bertz CT molecular complexity index is 975. The molecule has 0 heterocycles. The Morgan fingerprint density at radius 2 is 1.90 bits per heavy atom. The number of aryl methyl sites for hydroxylation is 1. The van der Waals surface area contributed by atoms with E-state index in [0.717, 1.165) is 29.4 Å². The number of ketones is 1. The van der Waals surface area contributed by atoms with E-state index in [1.807, 2.05) is 36.4 Å². The SMILES string of the molecule is CC12CCC3c4ccc(CO)cc4CCC3C1CCC2/C=C/C(=O)Cc1ccccc1. The monoisotopic (exact) mass is 414 g/mol. The van der Waals surface area contributed by atoms with Gasteiger partial charge in [0.05, 0.1) is 6.61 Å². The van der Waals surface area contributed by atoms with Crippen LogP contribution in [0.3, 0.4) is 0 Å². The van der Waals surface area contributed by atoms with Crippen LogP contribution in [-0.4, -0.2) is 10.9 Å². The summed E-state index contributed by atoms with van der Waals surface area (Å²) in [6, 6.07) is 16.7. The van der Waals surface area contributed by atoms with Crippen molar-refractivity contribution in [3.05, 3.63) is 82.9 Å². The minimum atomic E-state index is 0.138. The largest absolute Gasteiger partial charge is 0.392 e. The van der Waals surface area contributed by atoms with E-state index in [9.17, 15) is 9.90 Å². The first kappa shape index (κ1) is 20.7. The number of carbonyl (C=O) groups is 1. The molecule has 5 rings (SSSR count). The third-order valence-electron chi connectivity index (χ3n) is 8.78. The summed E-state index contributed by atoms with van der Waals surface area (Å²) in [6.45, 7) is 2.64. The molecule has 2 aromatic rings. The van der Waals surface area contributed by atoms with Crippen molar-refractivity contribution in [1.82, 2.24) is 0 Å². The lowest BCUT2D eigenvalue weighted by Crippen LogP contribution is -2.42. The van der Waals surface area contributed by atoms with E-state index < -0.39 is 0 Å². The Hall–Kier alpha value is -2.19. The molecular formula is C29H34O2. The van der Waals surface area contributed by atoms with Crippen LogP contribution in [0.4, 0.5) is 0 Å². The minimum Gasteiger partial charge on any atom is -0.392 e. The van der Waals surface area contributed by atoms with Crippen LogP contribution in [0.25, 0.3) is 0 Å². The first-order chi connectivity index (χ1) is 15.1. The Morgan fingerprint density at radius 1 is 1.06 bits per heavy atom. The Kier molecular flexibility index (Phi) is 5.60. The Morgan fingerprint density at radius 3 is 2.71 bits per heavy atom. The van der Waals surface area contributed by atoms with Gasteiger partial charge in [-0.05, 0) is 95.9 Å². The number of carbonyl (C=O) groups excluding carboxylic acids is 1. The van der Waals surface area contributed by atoms with Crippen molar-refractivity contribution in [3.63, 3.8) is 0 Å². The predicted molar refractivity (Wildman–Crippen MR) is 125 cm³/mol. The highest BCUT2D eigenvalue weighted by molar-refractivity contribution is 5.91. The average Bonchev–Trinajstić information content (AvgIpc) is 3.14. The minimum absolute atomic E-state index is 0.138. The fourth-order valence-corrected chi connectivity index (χ4v) is 7.17. The molecule has 2 fully saturated rings. The number of hydrogen-bond acceptors (Lipinski definition) is 2. The van der Waals surface area contributed by atoms with E-state index in [1.54, 1.807) is 5.56 Å². The highest BCUT2D eigenvalue weighted by atomic mass is 16.3. The lowest BCUT2D eigenvalue weighted by Gasteiger charge is -2.50. The zero-order valence-corrected chi connectivity index (χ0v) is 18.6. The fourth-order valence-electron chi connectivity index (χ4n) is 7.17. The van der Waals surface area contributed by atoms with Gasteiger partial charge < -0.3 is 5.11 Å². The Balaban J connectivity index is 1.30. The van der Waals surface area contributed by atoms with E-state index in [-0.39, 0.29) is 12.4 Å². The first-order valence-corrected chi connectivity index (χ1v) is 12.1. The Labute approximate surface area is 186 Å². The van der Waals surface area contributed by atoms with Crippen LogP contribution in [0.1, 0.15) is 67.2 Å². The smallest absolute Gasteiger partial charge is 0.159 e. The summed E-state index contributed by atoms with van der Waals surface area (Å²) in [5, 5.41) is 9.50. The molecule has 2 saturated carbocycles. The van der Waals surface area contributed by atoms with Crippen LogP contribution in [-0.2, 0) is 24.2 Å². The molecule has 2 heteroatoms. The van der Waals surface area contributed by atoms with Crippen molar-refractivity contribution >= 4 is 5.78 Å². The topological polar surface area (TPSA) is 37.3 Å². The van der Waals surface area contributed by atoms with Crippen molar-refractivity contribution in [2.75, 3.05) is 0 Å². The van der Waals surface area contributed by atoms with Crippen LogP contribution in [0.5, 0.6) is 0 Å². The third kappa shape index (κ3) is 3.80. The van der Waals surface area contributed by atoms with Crippen molar-refractivity contribution in [1.29, 1.82) is 0 Å². The zero-order chi connectivity index (χ0) is 21.4. The lowest BCUT2D eigenvalue weighted by molar-refractivity contribution is -0.114. The second-order valence-electron chi connectivity index (χ2n) is 10.3. The van der Waals surface area contributed by atoms with E-state index in [2.05, 4.69) is 31.2 Å². The number of rotatable bonds is 5. The van der Waals surface area contributed by atoms with Gasteiger partial charge in [-0.25, -0.2) is 0 Å². The number of fused-ring (bicyclic) bond motifs is 5. The maximum Gasteiger partial charge on any atom is 0.159 e. The van der Waals surface area contributed by atoms with Gasteiger partial charge >= 0.3 is 0 Å². The normalized spacial score (nSPS) is 31.8. The molecule has 0 saturated heterocycles. The van der Waals surface area contributed by atoms with Crippen LogP contribution >= 0.6 is 0 Å². The number of hydrogen-bond donors (Lipinski definition) is 1. The van der Waals surface area contributed by atoms with E-state index >= 15 is 0 Å². The number of benzene rings is 2. The fraction of sp³-hybridized carbons (Fsp3) is 0.483. The van der Waals surface area contributed by atoms with Crippen molar-refractivity contribution in [2.45, 2.75) is 64.4 Å². The second-order valence-corrected chi connectivity index (χ2v) is 10.3. The summed E-state index contributed by atoms with van der Waals surface area (Å²) in [5.41, 5.74) is 5.49.